The molecule has 0 aliphatic carbocycles. The molecule has 0 saturated carbocycles. The number of para-hydroxylation sites is 1. The Morgan fingerprint density at radius 1 is 1.18 bits per heavy atom. The molecule has 2 heterocycles. The van der Waals surface area contributed by atoms with E-state index in [0.29, 0.717) is 29.4 Å². The average molecular weight is 296 g/mol. The predicted octanol–water partition coefficient (Wildman–Crippen LogP) is 3.19. The van der Waals surface area contributed by atoms with Gasteiger partial charge in [0.15, 0.2) is 5.69 Å². The molecule has 0 atom stereocenters. The maximum atomic E-state index is 12.1. The molecule has 0 amide bonds. The molecule has 0 radical (unpaired) electrons. The fraction of sp³-hybridized carbons (Fsp3) is 0.176. The van der Waals surface area contributed by atoms with Gasteiger partial charge in [-0.2, -0.15) is 0 Å². The van der Waals surface area contributed by atoms with Crippen molar-refractivity contribution in [3.63, 3.8) is 0 Å². The zero-order valence-electron chi connectivity index (χ0n) is 12.4. The summed E-state index contributed by atoms with van der Waals surface area (Å²) in [5.41, 5.74) is 1.84. The van der Waals surface area contributed by atoms with E-state index in [0.717, 1.165) is 5.56 Å². The number of pyridine rings is 1. The van der Waals surface area contributed by atoms with E-state index in [2.05, 4.69) is 4.98 Å². The van der Waals surface area contributed by atoms with E-state index in [1.54, 1.807) is 14.0 Å². The molecule has 112 valence electrons. The van der Waals surface area contributed by atoms with Crippen LogP contribution in [0, 0.1) is 0 Å². The maximum absolute atomic E-state index is 12.1. The van der Waals surface area contributed by atoms with Crippen LogP contribution in [0.3, 0.4) is 0 Å². The van der Waals surface area contributed by atoms with Crippen molar-refractivity contribution in [1.29, 1.82) is 0 Å². The largest absolute Gasteiger partial charge is 0.496 e. The maximum Gasteiger partial charge on any atom is 0.359 e. The summed E-state index contributed by atoms with van der Waals surface area (Å²) >= 11 is 0. The highest BCUT2D eigenvalue weighted by molar-refractivity contribution is 5.96. The number of hydrogen-bond acceptors (Lipinski definition) is 4. The second-order valence-electron chi connectivity index (χ2n) is 4.66. The average Bonchev–Trinajstić information content (AvgIpc) is 2.94. The van der Waals surface area contributed by atoms with E-state index in [9.17, 15) is 4.79 Å². The molecule has 0 unspecified atom stereocenters. The smallest absolute Gasteiger partial charge is 0.359 e. The summed E-state index contributed by atoms with van der Waals surface area (Å²) in [5, 5.41) is 0. The third-order valence-corrected chi connectivity index (χ3v) is 3.37. The van der Waals surface area contributed by atoms with Gasteiger partial charge in [0.05, 0.1) is 24.8 Å². The Balaban J connectivity index is 2.24. The third kappa shape index (κ3) is 2.30. The lowest BCUT2D eigenvalue weighted by Crippen LogP contribution is -2.05. The van der Waals surface area contributed by atoms with Crippen LogP contribution in [0.4, 0.5) is 0 Å². The molecule has 0 aliphatic rings. The first kappa shape index (κ1) is 14.1. The first-order valence-electron chi connectivity index (χ1n) is 7.04. The lowest BCUT2D eigenvalue weighted by atomic mass is 10.2. The lowest BCUT2D eigenvalue weighted by molar-refractivity contribution is 0.0522. The van der Waals surface area contributed by atoms with E-state index < -0.39 is 5.97 Å². The van der Waals surface area contributed by atoms with Gasteiger partial charge in [0.1, 0.15) is 11.6 Å². The van der Waals surface area contributed by atoms with Crippen molar-refractivity contribution < 1.29 is 14.3 Å². The van der Waals surface area contributed by atoms with Crippen LogP contribution in [0.2, 0.25) is 0 Å². The number of fused-ring (bicyclic) bond motifs is 1. The van der Waals surface area contributed by atoms with Gasteiger partial charge < -0.3 is 9.47 Å². The first-order chi connectivity index (χ1) is 10.8. The van der Waals surface area contributed by atoms with Gasteiger partial charge in [0, 0.05) is 6.20 Å². The molecule has 5 nitrogen and oxygen atoms in total. The summed E-state index contributed by atoms with van der Waals surface area (Å²) in [7, 11) is 1.61. The van der Waals surface area contributed by atoms with Gasteiger partial charge in [-0.15, -0.1) is 0 Å². The molecule has 3 rings (SSSR count). The Hall–Kier alpha value is -2.82. The molecule has 3 aromatic rings. The molecule has 0 bridgehead atoms. The Labute approximate surface area is 128 Å². The normalized spacial score (nSPS) is 10.6. The zero-order chi connectivity index (χ0) is 15.5. The highest BCUT2D eigenvalue weighted by atomic mass is 16.5. The number of carbonyl (C=O) groups excluding carboxylic acids is 1. The highest BCUT2D eigenvalue weighted by Gasteiger charge is 2.20. The number of hydrogen-bond donors (Lipinski definition) is 0. The summed E-state index contributed by atoms with van der Waals surface area (Å²) in [5.74, 6) is 0.928. The molecule has 0 spiro atoms. The Morgan fingerprint density at radius 2 is 1.95 bits per heavy atom. The van der Waals surface area contributed by atoms with E-state index >= 15 is 0 Å². The van der Waals surface area contributed by atoms with Crippen molar-refractivity contribution in [2.75, 3.05) is 13.7 Å². The van der Waals surface area contributed by atoms with E-state index in [4.69, 9.17) is 9.47 Å². The van der Waals surface area contributed by atoms with Crippen LogP contribution in [0.15, 0.2) is 48.7 Å². The number of imidazole rings is 1. The molecule has 22 heavy (non-hydrogen) atoms. The van der Waals surface area contributed by atoms with Crippen LogP contribution in [0.1, 0.15) is 17.4 Å². The Bertz CT molecular complexity index is 824. The van der Waals surface area contributed by atoms with Gasteiger partial charge in [-0.1, -0.05) is 18.2 Å². The highest BCUT2D eigenvalue weighted by Crippen LogP contribution is 2.30. The summed E-state index contributed by atoms with van der Waals surface area (Å²) in [4.78, 5) is 16.6. The van der Waals surface area contributed by atoms with E-state index in [1.165, 1.54) is 0 Å². The monoisotopic (exact) mass is 296 g/mol. The minimum absolute atomic E-state index is 0.309. The van der Waals surface area contributed by atoms with Crippen molar-refractivity contribution >= 4 is 11.5 Å². The SMILES string of the molecule is CCOC(=O)c1nc(-c2ccccc2OC)n2ccccc12. The molecule has 0 N–H and O–H groups in total. The number of rotatable bonds is 4. The molecule has 0 saturated heterocycles. The van der Waals surface area contributed by atoms with Crippen LogP contribution in [0.5, 0.6) is 5.75 Å². The minimum Gasteiger partial charge on any atom is -0.496 e. The summed E-state index contributed by atoms with van der Waals surface area (Å²) in [6.45, 7) is 2.09. The molecular formula is C17H16N2O3. The lowest BCUT2D eigenvalue weighted by Gasteiger charge is -2.06. The first-order valence-corrected chi connectivity index (χ1v) is 7.04. The quantitative estimate of drug-likeness (QED) is 0.694. The van der Waals surface area contributed by atoms with Crippen molar-refractivity contribution in [3.05, 3.63) is 54.4 Å². The Kier molecular flexibility index (Phi) is 3.78. The van der Waals surface area contributed by atoms with E-state index in [-0.39, 0.29) is 0 Å². The predicted molar refractivity (Wildman–Crippen MR) is 83.1 cm³/mol. The van der Waals surface area contributed by atoms with Gasteiger partial charge >= 0.3 is 5.97 Å². The number of esters is 1. The summed E-state index contributed by atoms with van der Waals surface area (Å²) in [6, 6.07) is 13.2. The Morgan fingerprint density at radius 3 is 2.73 bits per heavy atom. The number of nitrogens with zero attached hydrogens (tertiary/aromatic N) is 2. The second-order valence-corrected chi connectivity index (χ2v) is 4.66. The van der Waals surface area contributed by atoms with Gasteiger partial charge in [0.2, 0.25) is 0 Å². The number of methoxy groups -OCH3 is 1. The van der Waals surface area contributed by atoms with Gasteiger partial charge in [-0.25, -0.2) is 9.78 Å². The zero-order valence-corrected chi connectivity index (χ0v) is 12.4. The van der Waals surface area contributed by atoms with Crippen molar-refractivity contribution in [2.45, 2.75) is 6.92 Å². The van der Waals surface area contributed by atoms with Crippen molar-refractivity contribution in [2.24, 2.45) is 0 Å². The van der Waals surface area contributed by atoms with Crippen LogP contribution in [0.25, 0.3) is 16.9 Å². The molecular weight excluding hydrogens is 280 g/mol. The molecule has 0 aliphatic heterocycles. The van der Waals surface area contributed by atoms with Crippen molar-refractivity contribution in [3.8, 4) is 17.1 Å². The summed E-state index contributed by atoms with van der Waals surface area (Å²) in [6.07, 6.45) is 1.87. The number of aromatic nitrogens is 2. The molecule has 2 aromatic heterocycles. The number of benzene rings is 1. The van der Waals surface area contributed by atoms with Crippen LogP contribution in [-0.4, -0.2) is 29.1 Å². The van der Waals surface area contributed by atoms with Crippen LogP contribution < -0.4 is 4.74 Å². The topological polar surface area (TPSA) is 52.8 Å². The molecule has 5 heteroatoms. The fourth-order valence-corrected chi connectivity index (χ4v) is 2.41. The standard InChI is InChI=1S/C17H16N2O3/c1-3-22-17(20)15-13-9-6-7-11-19(13)16(18-15)12-8-4-5-10-14(12)21-2/h4-11H,3H2,1-2H3. The summed E-state index contributed by atoms with van der Waals surface area (Å²) < 4.78 is 12.4. The van der Waals surface area contributed by atoms with Gasteiger partial charge in [-0.05, 0) is 31.2 Å². The second kappa shape index (κ2) is 5.89. The number of carbonyl (C=O) groups is 1. The molecule has 0 fully saturated rings. The number of ether oxygens (including phenoxy) is 2. The minimum atomic E-state index is -0.424. The van der Waals surface area contributed by atoms with E-state index in [1.807, 2.05) is 53.1 Å². The fourth-order valence-electron chi connectivity index (χ4n) is 2.41. The van der Waals surface area contributed by atoms with Gasteiger partial charge in [-0.3, -0.25) is 4.40 Å². The van der Waals surface area contributed by atoms with Crippen LogP contribution in [-0.2, 0) is 4.74 Å². The van der Waals surface area contributed by atoms with Crippen LogP contribution >= 0.6 is 0 Å². The third-order valence-electron chi connectivity index (χ3n) is 3.37. The van der Waals surface area contributed by atoms with Crippen molar-refractivity contribution in [1.82, 2.24) is 9.38 Å². The molecule has 1 aromatic carbocycles. The van der Waals surface area contributed by atoms with Gasteiger partial charge in [0.25, 0.3) is 0 Å².